The van der Waals surface area contributed by atoms with E-state index in [0.717, 1.165) is 0 Å². The molecule has 0 aliphatic heterocycles. The average molecular weight is 209 g/mol. The van der Waals surface area contributed by atoms with Gasteiger partial charge in [0.1, 0.15) is 17.4 Å². The Bertz CT molecular complexity index is 423. The summed E-state index contributed by atoms with van der Waals surface area (Å²) in [7, 11) is 0. The van der Waals surface area contributed by atoms with Crippen molar-refractivity contribution in [2.45, 2.75) is 11.3 Å². The monoisotopic (exact) mass is 209 g/mol. The molecule has 14 heavy (non-hydrogen) atoms. The lowest BCUT2D eigenvalue weighted by Gasteiger charge is -2.04. The summed E-state index contributed by atoms with van der Waals surface area (Å²) < 4.78 is 0. The van der Waals surface area contributed by atoms with Crippen molar-refractivity contribution in [3.63, 3.8) is 0 Å². The number of phenolic OH excluding ortho intramolecular Hbond substituents is 1. The summed E-state index contributed by atoms with van der Waals surface area (Å²) in [5.41, 5.74) is 0.221. The zero-order chi connectivity index (χ0) is 10.7. The minimum Gasteiger partial charge on any atom is -0.506 e. The van der Waals surface area contributed by atoms with E-state index in [1.165, 1.54) is 12.1 Å². The van der Waals surface area contributed by atoms with Gasteiger partial charge in [0, 0.05) is 10.5 Å². The molecule has 0 aliphatic carbocycles. The second-order valence-electron chi connectivity index (χ2n) is 2.65. The van der Waals surface area contributed by atoms with Crippen LogP contribution in [0.1, 0.15) is 11.1 Å². The fourth-order valence-corrected chi connectivity index (χ4v) is 1.27. The summed E-state index contributed by atoms with van der Waals surface area (Å²) in [6, 6.07) is 4.68. The first-order valence-corrected chi connectivity index (χ1v) is 4.16. The van der Waals surface area contributed by atoms with Gasteiger partial charge < -0.3 is 10.2 Å². The number of carbonyl (C=O) groups is 1. The van der Waals surface area contributed by atoms with Gasteiger partial charge in [0.2, 0.25) is 0 Å². The first-order chi connectivity index (χ1) is 6.56. The van der Waals surface area contributed by atoms with Gasteiger partial charge in [-0.3, -0.25) is 4.79 Å². The molecule has 5 heteroatoms. The first-order valence-electron chi connectivity index (χ1n) is 3.72. The highest BCUT2D eigenvalue weighted by molar-refractivity contribution is 7.80. The first kappa shape index (κ1) is 10.4. The zero-order valence-electron chi connectivity index (χ0n) is 7.06. The Balaban J connectivity index is 3.23. The van der Waals surface area contributed by atoms with Gasteiger partial charge in [0.05, 0.1) is 6.42 Å². The van der Waals surface area contributed by atoms with Crippen LogP contribution in [-0.4, -0.2) is 16.2 Å². The summed E-state index contributed by atoms with van der Waals surface area (Å²) >= 11 is 3.96. The van der Waals surface area contributed by atoms with Crippen molar-refractivity contribution in [2.24, 2.45) is 0 Å². The highest BCUT2D eigenvalue weighted by Crippen LogP contribution is 2.27. The molecule has 0 atom stereocenters. The van der Waals surface area contributed by atoms with Crippen LogP contribution in [0.5, 0.6) is 5.75 Å². The molecule has 0 unspecified atom stereocenters. The van der Waals surface area contributed by atoms with Crippen molar-refractivity contribution in [1.82, 2.24) is 0 Å². The smallest absolute Gasteiger partial charge is 0.307 e. The topological polar surface area (TPSA) is 81.3 Å². The SMILES string of the molecule is N#Cc1c(S)ccc(CC(=O)O)c1O. The summed E-state index contributed by atoms with van der Waals surface area (Å²) in [6.45, 7) is 0. The Kier molecular flexibility index (Phi) is 2.99. The van der Waals surface area contributed by atoms with Crippen molar-refractivity contribution in [2.75, 3.05) is 0 Å². The van der Waals surface area contributed by atoms with Gasteiger partial charge in [-0.25, -0.2) is 0 Å². The van der Waals surface area contributed by atoms with Gasteiger partial charge >= 0.3 is 5.97 Å². The van der Waals surface area contributed by atoms with Crippen molar-refractivity contribution >= 4 is 18.6 Å². The molecule has 0 aliphatic rings. The molecule has 1 aromatic rings. The lowest BCUT2D eigenvalue weighted by molar-refractivity contribution is -0.136. The van der Waals surface area contributed by atoms with E-state index in [1.807, 2.05) is 0 Å². The molecule has 0 aromatic heterocycles. The Morgan fingerprint density at radius 1 is 1.57 bits per heavy atom. The van der Waals surface area contributed by atoms with Gasteiger partial charge in [-0.1, -0.05) is 6.07 Å². The van der Waals surface area contributed by atoms with Crippen LogP contribution in [0.2, 0.25) is 0 Å². The molecule has 1 rings (SSSR count). The van der Waals surface area contributed by atoms with Gasteiger partial charge in [0.25, 0.3) is 0 Å². The van der Waals surface area contributed by atoms with Crippen LogP contribution < -0.4 is 0 Å². The molecule has 2 N–H and O–H groups in total. The molecular weight excluding hydrogens is 202 g/mol. The predicted octanol–water partition coefficient (Wildman–Crippen LogP) is 1.18. The molecule has 0 amide bonds. The lowest BCUT2D eigenvalue weighted by atomic mass is 10.1. The van der Waals surface area contributed by atoms with E-state index in [4.69, 9.17) is 10.4 Å². The fraction of sp³-hybridized carbons (Fsp3) is 0.111. The van der Waals surface area contributed by atoms with E-state index < -0.39 is 5.97 Å². The van der Waals surface area contributed by atoms with E-state index >= 15 is 0 Å². The average Bonchev–Trinajstić information content (AvgIpc) is 2.10. The number of nitrogens with zero attached hydrogens (tertiary/aromatic N) is 1. The Morgan fingerprint density at radius 3 is 2.71 bits per heavy atom. The minimum atomic E-state index is -1.06. The number of hydrogen-bond acceptors (Lipinski definition) is 4. The second kappa shape index (κ2) is 4.03. The van der Waals surface area contributed by atoms with Gasteiger partial charge in [0.15, 0.2) is 0 Å². The highest BCUT2D eigenvalue weighted by Gasteiger charge is 2.12. The number of carboxylic acid groups (broad SMARTS) is 1. The highest BCUT2D eigenvalue weighted by atomic mass is 32.1. The zero-order valence-corrected chi connectivity index (χ0v) is 7.95. The maximum atomic E-state index is 10.4. The maximum Gasteiger partial charge on any atom is 0.307 e. The van der Waals surface area contributed by atoms with E-state index in [1.54, 1.807) is 6.07 Å². The van der Waals surface area contributed by atoms with Crippen LogP contribution in [0, 0.1) is 11.3 Å². The Hall–Kier alpha value is -1.67. The lowest BCUT2D eigenvalue weighted by Crippen LogP contribution is -2.01. The molecule has 0 saturated heterocycles. The van der Waals surface area contributed by atoms with Crippen molar-refractivity contribution in [1.29, 1.82) is 5.26 Å². The third-order valence-corrected chi connectivity index (χ3v) is 2.07. The molecule has 0 spiro atoms. The van der Waals surface area contributed by atoms with Crippen LogP contribution in [0.4, 0.5) is 0 Å². The number of phenols is 1. The van der Waals surface area contributed by atoms with Crippen molar-refractivity contribution < 1.29 is 15.0 Å². The number of nitriles is 1. The molecule has 0 bridgehead atoms. The van der Waals surface area contributed by atoms with E-state index in [9.17, 15) is 9.90 Å². The Labute approximate surface area is 85.8 Å². The summed E-state index contributed by atoms with van der Waals surface area (Å²) in [4.78, 5) is 10.7. The minimum absolute atomic E-state index is 0.00656. The normalized spacial score (nSPS) is 9.43. The summed E-state index contributed by atoms with van der Waals surface area (Å²) in [5, 5.41) is 26.6. The van der Waals surface area contributed by atoms with Crippen LogP contribution in [0.3, 0.4) is 0 Å². The number of aromatic hydroxyl groups is 1. The van der Waals surface area contributed by atoms with E-state index in [0.29, 0.717) is 4.90 Å². The van der Waals surface area contributed by atoms with Gasteiger partial charge in [-0.15, -0.1) is 12.6 Å². The number of carboxylic acids is 1. The fourth-order valence-electron chi connectivity index (χ4n) is 1.04. The molecule has 0 saturated carbocycles. The Morgan fingerprint density at radius 2 is 2.21 bits per heavy atom. The van der Waals surface area contributed by atoms with Crippen LogP contribution in [0.15, 0.2) is 17.0 Å². The predicted molar refractivity (Wildman–Crippen MR) is 51.4 cm³/mol. The third-order valence-electron chi connectivity index (χ3n) is 1.69. The number of benzene rings is 1. The number of aliphatic carboxylic acids is 1. The number of hydrogen-bond donors (Lipinski definition) is 3. The number of rotatable bonds is 2. The number of thiol groups is 1. The molecule has 4 nitrogen and oxygen atoms in total. The molecule has 0 radical (unpaired) electrons. The van der Waals surface area contributed by atoms with Crippen molar-refractivity contribution in [3.05, 3.63) is 23.3 Å². The standard InChI is InChI=1S/C9H7NO3S/c10-4-6-7(14)2-1-5(9(6)13)3-8(11)12/h1-2,13-14H,3H2,(H,11,12). The van der Waals surface area contributed by atoms with Gasteiger partial charge in [-0.05, 0) is 6.07 Å². The molecule has 72 valence electrons. The second-order valence-corrected chi connectivity index (χ2v) is 3.13. The molecule has 0 fully saturated rings. The quantitative estimate of drug-likeness (QED) is 0.639. The van der Waals surface area contributed by atoms with Crippen LogP contribution in [-0.2, 0) is 11.2 Å². The summed E-state index contributed by atoms with van der Waals surface area (Å²) in [6.07, 6.45) is -0.311. The third kappa shape index (κ3) is 1.98. The largest absolute Gasteiger partial charge is 0.506 e. The summed E-state index contributed by atoms with van der Waals surface area (Å²) in [5.74, 6) is -1.36. The van der Waals surface area contributed by atoms with Crippen molar-refractivity contribution in [3.8, 4) is 11.8 Å². The van der Waals surface area contributed by atoms with Gasteiger partial charge in [-0.2, -0.15) is 5.26 Å². The molecular formula is C9H7NO3S. The maximum absolute atomic E-state index is 10.4. The van der Waals surface area contributed by atoms with Crippen LogP contribution in [0.25, 0.3) is 0 Å². The molecule has 1 aromatic carbocycles. The molecule has 0 heterocycles. The van der Waals surface area contributed by atoms with E-state index in [2.05, 4.69) is 12.6 Å². The van der Waals surface area contributed by atoms with E-state index in [-0.39, 0.29) is 23.3 Å². The van der Waals surface area contributed by atoms with Crippen LogP contribution >= 0.6 is 12.6 Å².